The molecule has 2 saturated heterocycles. The smallest absolute Gasteiger partial charge is 0.255 e. The predicted molar refractivity (Wildman–Crippen MR) is 127 cm³/mol. The highest BCUT2D eigenvalue weighted by Crippen LogP contribution is 2.30. The number of para-hydroxylation sites is 1. The van der Waals surface area contributed by atoms with Gasteiger partial charge in [0.1, 0.15) is 6.07 Å². The second kappa shape index (κ2) is 11.3. The van der Waals surface area contributed by atoms with Crippen LogP contribution in [0.5, 0.6) is 0 Å². The minimum absolute atomic E-state index is 0.197. The summed E-state index contributed by atoms with van der Waals surface area (Å²) in [4.78, 5) is 37.4. The fourth-order valence-electron chi connectivity index (χ4n) is 4.80. The number of aliphatic hydroxyl groups excluding tert-OH is 2. The molecule has 2 aliphatic heterocycles. The summed E-state index contributed by atoms with van der Waals surface area (Å²) in [6.45, 7) is 2.25. The molecule has 184 valence electrons. The van der Waals surface area contributed by atoms with Gasteiger partial charge in [0, 0.05) is 38.6 Å². The third kappa shape index (κ3) is 5.58. The molecular weight excluding hydrogens is 448 g/mol. The molecule has 0 saturated carbocycles. The van der Waals surface area contributed by atoms with Crippen molar-refractivity contribution in [3.8, 4) is 6.07 Å². The van der Waals surface area contributed by atoms with Gasteiger partial charge in [0.05, 0.1) is 17.3 Å². The summed E-state index contributed by atoms with van der Waals surface area (Å²) in [6.07, 6.45) is 2.47. The fraction of sp³-hybridized carbons (Fsp3) is 0.480. The lowest BCUT2D eigenvalue weighted by molar-refractivity contribution is -0.154. The first-order chi connectivity index (χ1) is 17.0. The number of carbonyl (C=O) groups excluding carboxylic acids is 2. The molecule has 0 aliphatic carbocycles. The van der Waals surface area contributed by atoms with Gasteiger partial charge < -0.3 is 25.3 Å². The molecule has 2 aliphatic rings. The van der Waals surface area contributed by atoms with E-state index < -0.39 is 24.0 Å². The van der Waals surface area contributed by atoms with Crippen LogP contribution in [0.1, 0.15) is 43.1 Å². The Morgan fingerprint density at radius 2 is 1.77 bits per heavy atom. The molecule has 0 radical (unpaired) electrons. The highest BCUT2D eigenvalue weighted by Gasteiger charge is 2.39. The Morgan fingerprint density at radius 1 is 1.06 bits per heavy atom. The van der Waals surface area contributed by atoms with E-state index >= 15 is 0 Å². The number of benzene rings is 1. The normalized spacial score (nSPS) is 20.2. The van der Waals surface area contributed by atoms with Crippen molar-refractivity contribution < 1.29 is 19.8 Å². The number of nitrogens with zero attached hydrogens (tertiary/aromatic N) is 5. The molecule has 4 rings (SSSR count). The van der Waals surface area contributed by atoms with Gasteiger partial charge in [-0.05, 0) is 49.8 Å². The van der Waals surface area contributed by atoms with Crippen LogP contribution >= 0.6 is 0 Å². The van der Waals surface area contributed by atoms with Gasteiger partial charge in [0.2, 0.25) is 0 Å². The van der Waals surface area contributed by atoms with E-state index in [1.54, 1.807) is 24.5 Å². The van der Waals surface area contributed by atoms with Crippen LogP contribution in [0.4, 0.5) is 5.69 Å². The van der Waals surface area contributed by atoms with Gasteiger partial charge in [-0.1, -0.05) is 12.1 Å². The number of hydrogen-bond donors (Lipinski definition) is 3. The van der Waals surface area contributed by atoms with E-state index in [9.17, 15) is 25.1 Å². The zero-order chi connectivity index (χ0) is 24.8. The molecule has 10 heteroatoms. The Morgan fingerprint density at radius 3 is 2.49 bits per heavy atom. The van der Waals surface area contributed by atoms with E-state index in [1.807, 2.05) is 18.2 Å². The second-order valence-corrected chi connectivity index (χ2v) is 8.99. The quantitative estimate of drug-likeness (QED) is 0.530. The van der Waals surface area contributed by atoms with Crippen LogP contribution in [0.25, 0.3) is 0 Å². The van der Waals surface area contributed by atoms with Crippen molar-refractivity contribution in [3.63, 3.8) is 0 Å². The number of piperidine rings is 1. The van der Waals surface area contributed by atoms with Gasteiger partial charge >= 0.3 is 0 Å². The first kappa shape index (κ1) is 24.6. The molecule has 1 aromatic heterocycles. The summed E-state index contributed by atoms with van der Waals surface area (Å²) in [7, 11) is 0. The predicted octanol–water partition coefficient (Wildman–Crippen LogP) is 0.766. The molecule has 0 bridgehead atoms. The average Bonchev–Trinajstić information content (AvgIpc) is 3.41. The van der Waals surface area contributed by atoms with Gasteiger partial charge in [0.15, 0.2) is 18.0 Å². The summed E-state index contributed by atoms with van der Waals surface area (Å²) >= 11 is 0. The van der Waals surface area contributed by atoms with Crippen molar-refractivity contribution in [2.24, 2.45) is 5.92 Å². The van der Waals surface area contributed by atoms with E-state index in [4.69, 9.17) is 0 Å². The molecule has 3 N–H and O–H groups in total. The molecule has 35 heavy (non-hydrogen) atoms. The van der Waals surface area contributed by atoms with Gasteiger partial charge in [0.25, 0.3) is 11.8 Å². The molecular formula is C25H30N6O4. The number of aliphatic hydroxyl groups is 2. The third-order valence-corrected chi connectivity index (χ3v) is 6.79. The van der Waals surface area contributed by atoms with Crippen LogP contribution in [0.15, 0.2) is 42.7 Å². The highest BCUT2D eigenvalue weighted by molar-refractivity contribution is 5.91. The van der Waals surface area contributed by atoms with E-state index in [0.717, 1.165) is 38.0 Å². The zero-order valence-electron chi connectivity index (χ0n) is 19.5. The number of hydrogen-bond acceptors (Lipinski definition) is 8. The number of likely N-dealkylation sites (tertiary alicyclic amines) is 1. The monoisotopic (exact) mass is 478 g/mol. The molecule has 2 amide bonds. The van der Waals surface area contributed by atoms with Crippen molar-refractivity contribution in [1.29, 1.82) is 5.26 Å². The molecule has 2 aromatic rings. The maximum absolute atomic E-state index is 12.9. The van der Waals surface area contributed by atoms with Crippen molar-refractivity contribution in [2.45, 2.75) is 43.9 Å². The molecule has 2 unspecified atom stereocenters. The Hall–Kier alpha value is -3.55. The lowest BCUT2D eigenvalue weighted by atomic mass is 9.95. The standard InChI is InChI=1S/C25H30N6O4/c26-15-18-5-1-2-6-19(18)30-13-8-17(9-14-30)16-29-24(34)21(32)22(33)25(35)31-12-3-7-20(31)23-27-10-4-11-28-23/h1-2,4-6,10-11,17,20-22,32-33H,3,7-9,12-14,16H2,(H,29,34)/t20-,21?,22?/m1/s1. The third-order valence-electron chi connectivity index (χ3n) is 6.79. The zero-order valence-corrected chi connectivity index (χ0v) is 19.5. The van der Waals surface area contributed by atoms with Crippen LogP contribution in [-0.2, 0) is 9.59 Å². The van der Waals surface area contributed by atoms with Gasteiger partial charge in [-0.2, -0.15) is 5.26 Å². The average molecular weight is 479 g/mol. The Kier molecular flexibility index (Phi) is 7.90. The molecule has 0 spiro atoms. The second-order valence-electron chi connectivity index (χ2n) is 8.99. The highest BCUT2D eigenvalue weighted by atomic mass is 16.3. The van der Waals surface area contributed by atoms with E-state index in [2.05, 4.69) is 26.3 Å². The summed E-state index contributed by atoms with van der Waals surface area (Å²) < 4.78 is 0. The van der Waals surface area contributed by atoms with E-state index in [1.165, 1.54) is 4.90 Å². The maximum atomic E-state index is 12.9. The summed E-state index contributed by atoms with van der Waals surface area (Å²) in [6, 6.07) is 11.0. The summed E-state index contributed by atoms with van der Waals surface area (Å²) in [5.41, 5.74) is 1.55. The minimum atomic E-state index is -1.86. The molecule has 1 aromatic carbocycles. The van der Waals surface area contributed by atoms with Crippen LogP contribution in [-0.4, -0.2) is 75.3 Å². The summed E-state index contributed by atoms with van der Waals surface area (Å²) in [5.74, 6) is -0.794. The number of aromatic nitrogens is 2. The Balaban J connectivity index is 1.26. The SMILES string of the molecule is N#Cc1ccccc1N1CCC(CNC(=O)C(O)C(O)C(=O)N2CCC[C@@H]2c2ncccn2)CC1. The van der Waals surface area contributed by atoms with Crippen molar-refractivity contribution >= 4 is 17.5 Å². The van der Waals surface area contributed by atoms with Crippen molar-refractivity contribution in [1.82, 2.24) is 20.2 Å². The lowest BCUT2D eigenvalue weighted by Crippen LogP contribution is -2.51. The number of anilines is 1. The molecule has 10 nitrogen and oxygen atoms in total. The van der Waals surface area contributed by atoms with Crippen molar-refractivity contribution in [3.05, 3.63) is 54.1 Å². The Labute approximate surface area is 204 Å². The first-order valence-electron chi connectivity index (χ1n) is 11.9. The fourth-order valence-corrected chi connectivity index (χ4v) is 4.80. The number of nitriles is 1. The number of nitrogens with one attached hydrogen (secondary N) is 1. The summed E-state index contributed by atoms with van der Waals surface area (Å²) in [5, 5.41) is 32.8. The van der Waals surface area contributed by atoms with E-state index in [-0.39, 0.29) is 12.0 Å². The minimum Gasteiger partial charge on any atom is -0.380 e. The number of amides is 2. The van der Waals surface area contributed by atoms with Crippen LogP contribution in [0.3, 0.4) is 0 Å². The maximum Gasteiger partial charge on any atom is 0.255 e. The molecule has 2 fully saturated rings. The lowest BCUT2D eigenvalue weighted by Gasteiger charge is -2.34. The topological polar surface area (TPSA) is 143 Å². The molecule has 3 atom stereocenters. The number of carbonyl (C=O) groups is 2. The number of rotatable bonds is 7. The van der Waals surface area contributed by atoms with Crippen LogP contribution < -0.4 is 10.2 Å². The molecule has 3 heterocycles. The van der Waals surface area contributed by atoms with Crippen molar-refractivity contribution in [2.75, 3.05) is 31.1 Å². The van der Waals surface area contributed by atoms with Gasteiger partial charge in [-0.3, -0.25) is 9.59 Å². The van der Waals surface area contributed by atoms with Crippen LogP contribution in [0.2, 0.25) is 0 Å². The largest absolute Gasteiger partial charge is 0.380 e. The van der Waals surface area contributed by atoms with Crippen LogP contribution in [0, 0.1) is 17.2 Å². The Bertz CT molecular complexity index is 1070. The van der Waals surface area contributed by atoms with Gasteiger partial charge in [-0.25, -0.2) is 9.97 Å². The van der Waals surface area contributed by atoms with E-state index in [0.29, 0.717) is 30.9 Å². The first-order valence-corrected chi connectivity index (χ1v) is 11.9. The van der Waals surface area contributed by atoms with Gasteiger partial charge in [-0.15, -0.1) is 0 Å².